The average molecular weight is 294 g/mol. The lowest BCUT2D eigenvalue weighted by Gasteiger charge is -2.07. The molecule has 0 aliphatic heterocycles. The number of hydrogen-bond acceptors (Lipinski definition) is 7. The fourth-order valence-corrected chi connectivity index (χ4v) is 1.57. The van der Waals surface area contributed by atoms with E-state index in [0.29, 0.717) is 0 Å². The van der Waals surface area contributed by atoms with Crippen molar-refractivity contribution in [2.45, 2.75) is 6.61 Å². The Kier molecular flexibility index (Phi) is 4.24. The molecule has 9 heteroatoms. The lowest BCUT2D eigenvalue weighted by molar-refractivity contribution is -0.385. The number of halogens is 1. The van der Waals surface area contributed by atoms with Gasteiger partial charge in [-0.15, -0.1) is 0 Å². The number of nitrogen functional groups attached to an aromatic ring is 1. The highest BCUT2D eigenvalue weighted by molar-refractivity contribution is 5.48. The van der Waals surface area contributed by atoms with E-state index in [-0.39, 0.29) is 29.9 Å². The molecule has 0 fully saturated rings. The van der Waals surface area contributed by atoms with Crippen LogP contribution in [0.15, 0.2) is 24.3 Å². The van der Waals surface area contributed by atoms with E-state index < -0.39 is 16.4 Å². The van der Waals surface area contributed by atoms with Crippen LogP contribution in [0, 0.1) is 15.9 Å². The molecular formula is C12H11FN4O4. The van der Waals surface area contributed by atoms with Crippen LogP contribution in [0.3, 0.4) is 0 Å². The summed E-state index contributed by atoms with van der Waals surface area (Å²) in [6, 6.07) is 4.24. The van der Waals surface area contributed by atoms with Gasteiger partial charge in [0.05, 0.1) is 11.0 Å². The third-order valence-corrected chi connectivity index (χ3v) is 2.37. The van der Waals surface area contributed by atoms with Crippen LogP contribution in [-0.4, -0.2) is 22.0 Å². The van der Waals surface area contributed by atoms with E-state index in [9.17, 15) is 14.5 Å². The van der Waals surface area contributed by atoms with E-state index in [4.69, 9.17) is 15.2 Å². The zero-order valence-electron chi connectivity index (χ0n) is 10.9. The Labute approximate surface area is 118 Å². The highest BCUT2D eigenvalue weighted by Crippen LogP contribution is 2.31. The molecule has 2 rings (SSSR count). The molecule has 0 saturated heterocycles. The second-order valence-corrected chi connectivity index (χ2v) is 3.95. The number of rotatable bonds is 5. The molecule has 1 heterocycles. The molecule has 2 aromatic rings. The first-order valence-electron chi connectivity index (χ1n) is 5.73. The second kappa shape index (κ2) is 6.09. The average Bonchev–Trinajstić information content (AvgIpc) is 2.40. The largest absolute Gasteiger partial charge is 0.432 e. The quantitative estimate of drug-likeness (QED) is 0.663. The number of nitrogens with two attached hydrogens (primary N) is 1. The lowest BCUT2D eigenvalue weighted by atomic mass is 10.3. The van der Waals surface area contributed by atoms with E-state index in [0.717, 1.165) is 18.2 Å². The Morgan fingerprint density at radius 3 is 2.81 bits per heavy atom. The van der Waals surface area contributed by atoms with Crippen LogP contribution in [0.25, 0.3) is 0 Å². The molecule has 8 nitrogen and oxygen atoms in total. The van der Waals surface area contributed by atoms with Crippen LogP contribution in [0.1, 0.15) is 5.82 Å². The second-order valence-electron chi connectivity index (χ2n) is 3.95. The predicted molar refractivity (Wildman–Crippen MR) is 70.3 cm³/mol. The molecule has 0 radical (unpaired) electrons. The summed E-state index contributed by atoms with van der Waals surface area (Å²) in [5, 5.41) is 10.9. The smallest absolute Gasteiger partial charge is 0.314 e. The van der Waals surface area contributed by atoms with Gasteiger partial charge in [0.2, 0.25) is 11.6 Å². The van der Waals surface area contributed by atoms with Gasteiger partial charge in [0, 0.05) is 13.2 Å². The molecule has 21 heavy (non-hydrogen) atoms. The van der Waals surface area contributed by atoms with Crippen molar-refractivity contribution in [2.75, 3.05) is 12.8 Å². The van der Waals surface area contributed by atoms with Gasteiger partial charge in [-0.1, -0.05) is 0 Å². The Morgan fingerprint density at radius 1 is 1.38 bits per heavy atom. The number of ether oxygens (including phenoxy) is 2. The van der Waals surface area contributed by atoms with Crippen LogP contribution in [-0.2, 0) is 11.3 Å². The first kappa shape index (κ1) is 14.6. The van der Waals surface area contributed by atoms with Gasteiger partial charge in [-0.2, -0.15) is 4.98 Å². The van der Waals surface area contributed by atoms with Gasteiger partial charge >= 0.3 is 5.69 Å². The van der Waals surface area contributed by atoms with Crippen molar-refractivity contribution in [3.05, 3.63) is 46.0 Å². The molecule has 1 aromatic heterocycles. The van der Waals surface area contributed by atoms with Gasteiger partial charge in [-0.25, -0.2) is 9.37 Å². The van der Waals surface area contributed by atoms with Crippen molar-refractivity contribution >= 4 is 11.5 Å². The van der Waals surface area contributed by atoms with Crippen molar-refractivity contribution in [2.24, 2.45) is 0 Å². The van der Waals surface area contributed by atoms with E-state index in [2.05, 4.69) is 9.97 Å². The number of benzene rings is 1. The number of anilines is 1. The number of nitrogens with zero attached hydrogens (tertiary/aromatic N) is 3. The van der Waals surface area contributed by atoms with Gasteiger partial charge in [0.1, 0.15) is 18.2 Å². The summed E-state index contributed by atoms with van der Waals surface area (Å²) in [5.74, 6) is -0.502. The standard InChI is InChI=1S/C12H11FN4O4/c1-20-6-11-15-10(14)5-12(16-11)21-9-3-2-7(13)4-8(9)17(18)19/h2-5H,6H2,1H3,(H2,14,15,16). The summed E-state index contributed by atoms with van der Waals surface area (Å²) in [6.45, 7) is 0.104. The SMILES string of the molecule is COCc1nc(N)cc(Oc2ccc(F)cc2[N+](=O)[O-])n1. The minimum absolute atomic E-state index is 0.00394. The first-order chi connectivity index (χ1) is 9.99. The first-order valence-corrected chi connectivity index (χ1v) is 5.73. The van der Waals surface area contributed by atoms with Crippen LogP contribution in [0.5, 0.6) is 11.6 Å². The fourth-order valence-electron chi connectivity index (χ4n) is 1.57. The predicted octanol–water partition coefficient (Wildman–Crippen LogP) is 2.04. The number of methoxy groups -OCH3 is 1. The molecule has 0 aliphatic carbocycles. The number of aromatic nitrogens is 2. The fraction of sp³-hybridized carbons (Fsp3) is 0.167. The number of hydrogen-bond donors (Lipinski definition) is 1. The molecule has 0 spiro atoms. The summed E-state index contributed by atoms with van der Waals surface area (Å²) in [4.78, 5) is 18.0. The molecule has 110 valence electrons. The maximum Gasteiger partial charge on any atom is 0.314 e. The third kappa shape index (κ3) is 3.60. The van der Waals surface area contributed by atoms with Gasteiger partial charge in [0.15, 0.2) is 5.82 Å². The van der Waals surface area contributed by atoms with E-state index >= 15 is 0 Å². The lowest BCUT2D eigenvalue weighted by Crippen LogP contribution is -2.03. The summed E-state index contributed by atoms with van der Waals surface area (Å²) in [6.07, 6.45) is 0. The molecule has 2 N–H and O–H groups in total. The van der Waals surface area contributed by atoms with E-state index in [1.54, 1.807) is 0 Å². The molecule has 0 unspecified atom stereocenters. The third-order valence-electron chi connectivity index (χ3n) is 2.37. The van der Waals surface area contributed by atoms with Crippen molar-refractivity contribution in [1.82, 2.24) is 9.97 Å². The normalized spacial score (nSPS) is 10.4. The molecule has 0 atom stereocenters. The van der Waals surface area contributed by atoms with Crippen molar-refractivity contribution < 1.29 is 18.8 Å². The molecule has 0 bridgehead atoms. The van der Waals surface area contributed by atoms with Crippen molar-refractivity contribution in [1.29, 1.82) is 0 Å². The van der Waals surface area contributed by atoms with Crippen LogP contribution >= 0.6 is 0 Å². The zero-order valence-corrected chi connectivity index (χ0v) is 10.9. The van der Waals surface area contributed by atoms with Crippen LogP contribution < -0.4 is 10.5 Å². The van der Waals surface area contributed by atoms with Gasteiger partial charge in [-0.3, -0.25) is 10.1 Å². The highest BCUT2D eigenvalue weighted by atomic mass is 19.1. The summed E-state index contributed by atoms with van der Waals surface area (Å²) in [5.41, 5.74) is 5.07. The topological polar surface area (TPSA) is 113 Å². The van der Waals surface area contributed by atoms with Gasteiger partial charge in [-0.05, 0) is 12.1 Å². The molecular weight excluding hydrogens is 283 g/mol. The zero-order chi connectivity index (χ0) is 15.4. The minimum Gasteiger partial charge on any atom is -0.432 e. The van der Waals surface area contributed by atoms with Crippen molar-refractivity contribution in [3.63, 3.8) is 0 Å². The van der Waals surface area contributed by atoms with E-state index in [1.807, 2.05) is 0 Å². The Hall–Kier alpha value is -2.81. The molecule has 0 saturated carbocycles. The number of nitro groups is 1. The maximum absolute atomic E-state index is 13.1. The minimum atomic E-state index is -0.751. The molecule has 0 aliphatic rings. The van der Waals surface area contributed by atoms with Crippen molar-refractivity contribution in [3.8, 4) is 11.6 Å². The monoisotopic (exact) mass is 294 g/mol. The molecule has 0 amide bonds. The van der Waals surface area contributed by atoms with Gasteiger partial charge in [0.25, 0.3) is 0 Å². The number of nitro benzene ring substituents is 1. The van der Waals surface area contributed by atoms with Gasteiger partial charge < -0.3 is 15.2 Å². The Balaban J connectivity index is 2.36. The Bertz CT molecular complexity index is 680. The summed E-state index contributed by atoms with van der Waals surface area (Å²) < 4.78 is 23.2. The van der Waals surface area contributed by atoms with Crippen LogP contribution in [0.2, 0.25) is 0 Å². The summed E-state index contributed by atoms with van der Waals surface area (Å²) in [7, 11) is 1.46. The highest BCUT2D eigenvalue weighted by Gasteiger charge is 2.18. The molecule has 1 aromatic carbocycles. The van der Waals surface area contributed by atoms with Crippen LogP contribution in [0.4, 0.5) is 15.9 Å². The maximum atomic E-state index is 13.1. The summed E-state index contributed by atoms with van der Waals surface area (Å²) >= 11 is 0. The van der Waals surface area contributed by atoms with E-state index in [1.165, 1.54) is 13.2 Å². The Morgan fingerprint density at radius 2 is 2.14 bits per heavy atom.